The smallest absolute Gasteiger partial charge is 0.434 e. The summed E-state index contributed by atoms with van der Waals surface area (Å²) in [5.41, 5.74) is -1.19. The Bertz CT molecular complexity index is 122. The summed E-state index contributed by atoms with van der Waals surface area (Å²) in [6.07, 6.45) is -1.07. The second-order valence-corrected chi connectivity index (χ2v) is 1.33. The van der Waals surface area contributed by atoms with Crippen molar-refractivity contribution in [2.45, 2.75) is 6.92 Å². The van der Waals surface area contributed by atoms with Crippen LogP contribution in [0.25, 0.3) is 0 Å². The minimum Gasteiger partial charge on any atom is -0.434 e. The Hall–Kier alpha value is -0.770. The second kappa shape index (κ2) is 4.14. The molecule has 0 fully saturated rings. The Kier molecular flexibility index (Phi) is 3.79. The van der Waals surface area contributed by atoms with Crippen LogP contribution in [-0.2, 0) is 9.47 Å². The lowest BCUT2D eigenvalue weighted by molar-refractivity contribution is 0.0872. The maximum absolute atomic E-state index is 10.1. The summed E-state index contributed by atoms with van der Waals surface area (Å²) >= 11 is 4.65. The van der Waals surface area contributed by atoms with Crippen LogP contribution >= 0.6 is 11.6 Å². The monoisotopic (exact) mass is 152 g/mol. The van der Waals surface area contributed by atoms with Gasteiger partial charge in [-0.1, -0.05) is 0 Å². The van der Waals surface area contributed by atoms with E-state index in [1.807, 2.05) is 0 Å². The highest BCUT2D eigenvalue weighted by Crippen LogP contribution is 1.90. The first-order chi connectivity index (χ1) is 4.16. The van der Waals surface area contributed by atoms with Crippen molar-refractivity contribution in [1.82, 2.24) is 0 Å². The Morgan fingerprint density at radius 3 is 2.44 bits per heavy atom. The van der Waals surface area contributed by atoms with E-state index in [0.29, 0.717) is 0 Å². The SMILES string of the molecule is CCOC(=O)OC(=O)Cl. The Balaban J connectivity index is 3.39. The zero-order valence-electron chi connectivity index (χ0n) is 4.72. The molecule has 52 valence electrons. The van der Waals surface area contributed by atoms with Gasteiger partial charge in [0, 0.05) is 11.6 Å². The molecule has 0 aromatic heterocycles. The summed E-state index contributed by atoms with van der Waals surface area (Å²) in [6.45, 7) is 1.74. The fourth-order valence-electron chi connectivity index (χ4n) is 0.213. The molecule has 0 aromatic rings. The van der Waals surface area contributed by atoms with E-state index in [4.69, 9.17) is 0 Å². The zero-order chi connectivity index (χ0) is 7.28. The molecule has 0 unspecified atom stereocenters. The molecule has 0 aliphatic carbocycles. The summed E-state index contributed by atoms with van der Waals surface area (Å²) in [4.78, 5) is 19.9. The van der Waals surface area contributed by atoms with E-state index >= 15 is 0 Å². The number of halogens is 1. The third-order valence-electron chi connectivity index (χ3n) is 0.426. The number of rotatable bonds is 1. The van der Waals surface area contributed by atoms with Gasteiger partial charge in [-0.05, 0) is 6.92 Å². The van der Waals surface area contributed by atoms with Crippen LogP contribution < -0.4 is 0 Å². The minimum atomic E-state index is -1.19. The van der Waals surface area contributed by atoms with Gasteiger partial charge in [-0.25, -0.2) is 9.59 Å². The number of hydrogen-bond donors (Lipinski definition) is 0. The summed E-state index contributed by atoms with van der Waals surface area (Å²) < 4.78 is 7.94. The molecule has 0 N–H and O–H groups in total. The molecule has 0 saturated carbocycles. The molecule has 9 heavy (non-hydrogen) atoms. The topological polar surface area (TPSA) is 52.6 Å². The van der Waals surface area contributed by atoms with Crippen LogP contribution in [0, 0.1) is 0 Å². The third-order valence-corrected chi connectivity index (χ3v) is 0.503. The van der Waals surface area contributed by atoms with Crippen molar-refractivity contribution in [3.05, 3.63) is 0 Å². The zero-order valence-corrected chi connectivity index (χ0v) is 5.47. The third kappa shape index (κ3) is 5.10. The first-order valence-corrected chi connectivity index (χ1v) is 2.58. The molecule has 4 nitrogen and oxygen atoms in total. The molecule has 0 aliphatic heterocycles. The fourth-order valence-corrected chi connectivity index (χ4v) is 0.276. The van der Waals surface area contributed by atoms with Crippen molar-refractivity contribution in [3.63, 3.8) is 0 Å². The molecular formula is C4H5ClO4. The summed E-state index contributed by atoms with van der Waals surface area (Å²) in [7, 11) is 0. The molecule has 0 atom stereocenters. The maximum Gasteiger partial charge on any atom is 0.516 e. The highest BCUT2D eigenvalue weighted by atomic mass is 35.5. The van der Waals surface area contributed by atoms with E-state index in [9.17, 15) is 9.59 Å². The van der Waals surface area contributed by atoms with E-state index < -0.39 is 11.6 Å². The van der Waals surface area contributed by atoms with E-state index in [0.717, 1.165) is 0 Å². The van der Waals surface area contributed by atoms with Crippen LogP contribution in [0.3, 0.4) is 0 Å². The van der Waals surface area contributed by atoms with Gasteiger partial charge in [-0.15, -0.1) is 0 Å². The number of ether oxygens (including phenoxy) is 2. The van der Waals surface area contributed by atoms with Gasteiger partial charge in [-0.2, -0.15) is 0 Å². The molecule has 0 spiro atoms. The lowest BCUT2D eigenvalue weighted by Gasteiger charge is -1.95. The molecule has 0 saturated heterocycles. The summed E-state index contributed by atoms with van der Waals surface area (Å²) in [6, 6.07) is 0. The normalized spacial score (nSPS) is 8.22. The Morgan fingerprint density at radius 1 is 1.56 bits per heavy atom. The molecule has 0 radical (unpaired) electrons. The van der Waals surface area contributed by atoms with Crippen LogP contribution in [0.15, 0.2) is 0 Å². The highest BCUT2D eigenvalue weighted by Gasteiger charge is 2.05. The molecule has 0 amide bonds. The van der Waals surface area contributed by atoms with Gasteiger partial charge in [0.15, 0.2) is 0 Å². The lowest BCUT2D eigenvalue weighted by atomic mass is 10.9. The molecule has 0 bridgehead atoms. The highest BCUT2D eigenvalue weighted by molar-refractivity contribution is 6.61. The first kappa shape index (κ1) is 8.23. The predicted molar refractivity (Wildman–Crippen MR) is 29.4 cm³/mol. The minimum absolute atomic E-state index is 0.156. The number of carbonyl (C=O) groups is 2. The van der Waals surface area contributed by atoms with Crippen LogP contribution in [0.4, 0.5) is 9.59 Å². The molecule has 0 heterocycles. The van der Waals surface area contributed by atoms with Gasteiger partial charge in [0.2, 0.25) is 0 Å². The Labute approximate surface area is 56.7 Å². The van der Waals surface area contributed by atoms with Crippen LogP contribution in [0.2, 0.25) is 0 Å². The molecule has 0 aromatic carbocycles. The second-order valence-electron chi connectivity index (χ2n) is 1.02. The molecular weight excluding hydrogens is 147 g/mol. The largest absolute Gasteiger partial charge is 0.516 e. The fraction of sp³-hybridized carbons (Fsp3) is 0.500. The van der Waals surface area contributed by atoms with Crippen LogP contribution in [0.1, 0.15) is 6.92 Å². The van der Waals surface area contributed by atoms with Gasteiger partial charge in [0.25, 0.3) is 0 Å². The van der Waals surface area contributed by atoms with Crippen molar-refractivity contribution < 1.29 is 19.1 Å². The van der Waals surface area contributed by atoms with E-state index in [-0.39, 0.29) is 6.61 Å². The van der Waals surface area contributed by atoms with Gasteiger partial charge in [0.1, 0.15) is 0 Å². The van der Waals surface area contributed by atoms with Crippen molar-refractivity contribution in [2.24, 2.45) is 0 Å². The van der Waals surface area contributed by atoms with Gasteiger partial charge >= 0.3 is 11.6 Å². The van der Waals surface area contributed by atoms with E-state index in [2.05, 4.69) is 21.1 Å². The quantitative estimate of drug-likeness (QED) is 0.325. The standard InChI is InChI=1S/C4H5ClO4/c1-2-8-4(7)9-3(5)6/h2H2,1H3. The van der Waals surface area contributed by atoms with Crippen molar-refractivity contribution in [1.29, 1.82) is 0 Å². The van der Waals surface area contributed by atoms with Gasteiger partial charge in [-0.3, -0.25) is 0 Å². The van der Waals surface area contributed by atoms with Crippen molar-refractivity contribution in [2.75, 3.05) is 6.61 Å². The Morgan fingerprint density at radius 2 is 2.11 bits per heavy atom. The van der Waals surface area contributed by atoms with Gasteiger partial charge < -0.3 is 9.47 Å². The van der Waals surface area contributed by atoms with Crippen LogP contribution in [0.5, 0.6) is 0 Å². The average Bonchev–Trinajstić information content (AvgIpc) is 1.63. The average molecular weight is 153 g/mol. The molecule has 0 rings (SSSR count). The van der Waals surface area contributed by atoms with Crippen LogP contribution in [-0.4, -0.2) is 18.2 Å². The lowest BCUT2D eigenvalue weighted by Crippen LogP contribution is -2.07. The van der Waals surface area contributed by atoms with E-state index in [1.54, 1.807) is 6.92 Å². The van der Waals surface area contributed by atoms with Gasteiger partial charge in [0.05, 0.1) is 6.61 Å². The van der Waals surface area contributed by atoms with Crippen molar-refractivity contribution in [3.8, 4) is 0 Å². The van der Waals surface area contributed by atoms with Crippen molar-refractivity contribution >= 4 is 23.2 Å². The molecule has 0 aliphatic rings. The van der Waals surface area contributed by atoms with E-state index in [1.165, 1.54) is 0 Å². The number of carbonyl (C=O) groups excluding carboxylic acids is 2. The summed E-state index contributed by atoms with van der Waals surface area (Å²) in [5, 5.41) is 0. The maximum atomic E-state index is 10.1. The molecule has 5 heteroatoms. The predicted octanol–water partition coefficient (Wildman–Crippen LogP) is 1.52. The first-order valence-electron chi connectivity index (χ1n) is 2.21. The summed E-state index contributed by atoms with van der Waals surface area (Å²) in [5.74, 6) is 0. The number of hydrogen-bond acceptors (Lipinski definition) is 4.